The number of aryl methyl sites for hydroxylation is 2. The number of hydrogen-bond donors (Lipinski definition) is 3. The van der Waals surface area contributed by atoms with Crippen LogP contribution in [0.1, 0.15) is 31.2 Å². The minimum atomic E-state index is -1.57. The summed E-state index contributed by atoms with van der Waals surface area (Å²) in [6.45, 7) is 1.99. The van der Waals surface area contributed by atoms with Crippen LogP contribution < -0.4 is 10.9 Å². The third kappa shape index (κ3) is 4.27. The van der Waals surface area contributed by atoms with Crippen molar-refractivity contribution in [2.24, 2.45) is 7.05 Å². The normalized spacial score (nSPS) is 16.4. The van der Waals surface area contributed by atoms with Gasteiger partial charge in [-0.05, 0) is 37.0 Å². The highest BCUT2D eigenvalue weighted by Gasteiger charge is 2.30. The summed E-state index contributed by atoms with van der Waals surface area (Å²) in [5.41, 5.74) is 3.04. The topological polar surface area (TPSA) is 100 Å². The molecule has 1 fully saturated rings. The summed E-state index contributed by atoms with van der Waals surface area (Å²) < 4.78 is 1.55. The van der Waals surface area contributed by atoms with Crippen LogP contribution in [0.2, 0.25) is 0 Å². The molecule has 0 radical (unpaired) electrons. The first kappa shape index (κ1) is 21.2. The van der Waals surface area contributed by atoms with Crippen LogP contribution in [0.25, 0.3) is 22.2 Å². The van der Waals surface area contributed by atoms with Gasteiger partial charge in [0, 0.05) is 43.1 Å². The molecule has 1 aromatic carbocycles. The summed E-state index contributed by atoms with van der Waals surface area (Å²) in [7, 11) is 1.72. The van der Waals surface area contributed by atoms with E-state index in [4.69, 9.17) is 0 Å². The average molecular weight is 417 g/mol. The van der Waals surface area contributed by atoms with Crippen molar-refractivity contribution in [2.75, 3.05) is 5.32 Å². The van der Waals surface area contributed by atoms with Crippen LogP contribution in [-0.2, 0) is 7.05 Å². The molecule has 154 valence electrons. The summed E-state index contributed by atoms with van der Waals surface area (Å²) >= 11 is 0. The van der Waals surface area contributed by atoms with Gasteiger partial charge in [-0.25, -0.2) is 4.98 Å². The molecule has 0 unspecified atom stereocenters. The highest BCUT2D eigenvalue weighted by molar-refractivity contribution is 5.85. The Bertz CT molecular complexity index is 1090. The molecule has 0 amide bonds. The minimum Gasteiger partial charge on any atom is -0.366 e. The van der Waals surface area contributed by atoms with Crippen LogP contribution in [0.15, 0.2) is 41.3 Å². The highest BCUT2D eigenvalue weighted by Crippen LogP contribution is 2.28. The summed E-state index contributed by atoms with van der Waals surface area (Å²) in [5, 5.41) is 23.4. The maximum absolute atomic E-state index is 12.9. The molecule has 3 N–H and O–H groups in total. The fourth-order valence-corrected chi connectivity index (χ4v) is 3.79. The van der Waals surface area contributed by atoms with Gasteiger partial charge in [0.05, 0.1) is 0 Å². The first-order valence-electron chi connectivity index (χ1n) is 9.48. The predicted molar refractivity (Wildman–Crippen MR) is 115 cm³/mol. The summed E-state index contributed by atoms with van der Waals surface area (Å²) in [5.74, 6) is -1.13. The molecule has 2 heterocycles. The Morgan fingerprint density at radius 2 is 1.86 bits per heavy atom. The fraction of sp³-hybridized carbons (Fsp3) is 0.381. The van der Waals surface area contributed by atoms with Gasteiger partial charge in [0.1, 0.15) is 5.65 Å². The van der Waals surface area contributed by atoms with Gasteiger partial charge in [0.15, 0.2) is 5.79 Å². The lowest BCUT2D eigenvalue weighted by Crippen LogP contribution is -2.38. The Morgan fingerprint density at radius 3 is 2.55 bits per heavy atom. The van der Waals surface area contributed by atoms with E-state index >= 15 is 0 Å². The Hall–Kier alpha value is -2.48. The maximum Gasteiger partial charge on any atom is 0.259 e. The quantitative estimate of drug-likeness (QED) is 0.567. The standard InChI is InChI=1S/C21H24N4O3.ClH/c1-13-5-3-4-6-16(13)17-11-14-12-22-20(24-18(14)25(2)19(17)26)23-15-7-9-21(27,28)10-8-15;/h3-6,11-12,15,27-28H,7-10H2,1-2H3,(H,22,23,24);1H. The zero-order valence-corrected chi connectivity index (χ0v) is 17.2. The fourth-order valence-electron chi connectivity index (χ4n) is 3.79. The van der Waals surface area contributed by atoms with Crippen LogP contribution >= 0.6 is 12.4 Å². The van der Waals surface area contributed by atoms with Gasteiger partial charge < -0.3 is 15.5 Å². The van der Waals surface area contributed by atoms with E-state index < -0.39 is 5.79 Å². The zero-order valence-electron chi connectivity index (χ0n) is 16.4. The van der Waals surface area contributed by atoms with E-state index in [0.29, 0.717) is 42.8 Å². The summed E-state index contributed by atoms with van der Waals surface area (Å²) in [4.78, 5) is 21.9. The third-order valence-electron chi connectivity index (χ3n) is 5.50. The van der Waals surface area contributed by atoms with E-state index in [2.05, 4.69) is 15.3 Å². The molecule has 2 aromatic heterocycles. The second-order valence-electron chi connectivity index (χ2n) is 7.61. The van der Waals surface area contributed by atoms with Crippen molar-refractivity contribution in [3.8, 4) is 11.1 Å². The molecule has 1 aliphatic carbocycles. The van der Waals surface area contributed by atoms with Gasteiger partial charge in [0.25, 0.3) is 5.56 Å². The molecule has 4 rings (SSSR count). The molecule has 29 heavy (non-hydrogen) atoms. The number of aromatic nitrogens is 3. The van der Waals surface area contributed by atoms with Crippen molar-refractivity contribution in [3.05, 3.63) is 52.4 Å². The molecule has 1 aliphatic rings. The molecule has 0 spiro atoms. The van der Waals surface area contributed by atoms with Crippen molar-refractivity contribution in [1.29, 1.82) is 0 Å². The van der Waals surface area contributed by atoms with Crippen LogP contribution in [0.4, 0.5) is 5.95 Å². The summed E-state index contributed by atoms with van der Waals surface area (Å²) in [6, 6.07) is 9.73. The van der Waals surface area contributed by atoms with Crippen LogP contribution in [-0.4, -0.2) is 36.6 Å². The minimum absolute atomic E-state index is 0. The van der Waals surface area contributed by atoms with Crippen molar-refractivity contribution in [1.82, 2.24) is 14.5 Å². The molecule has 1 saturated carbocycles. The van der Waals surface area contributed by atoms with E-state index in [9.17, 15) is 15.0 Å². The van der Waals surface area contributed by atoms with Gasteiger partial charge in [-0.15, -0.1) is 12.4 Å². The third-order valence-corrected chi connectivity index (χ3v) is 5.50. The van der Waals surface area contributed by atoms with Crippen LogP contribution in [0, 0.1) is 6.92 Å². The average Bonchev–Trinajstić information content (AvgIpc) is 2.67. The number of nitrogens with zero attached hydrogens (tertiary/aromatic N) is 3. The predicted octanol–water partition coefficient (Wildman–Crippen LogP) is 2.76. The molecular weight excluding hydrogens is 392 g/mol. The summed E-state index contributed by atoms with van der Waals surface area (Å²) in [6.07, 6.45) is 3.60. The van der Waals surface area contributed by atoms with E-state index in [1.165, 1.54) is 0 Å². The van der Waals surface area contributed by atoms with E-state index in [1.807, 2.05) is 37.3 Å². The Kier molecular flexibility index (Phi) is 5.93. The van der Waals surface area contributed by atoms with E-state index in [0.717, 1.165) is 16.5 Å². The smallest absolute Gasteiger partial charge is 0.259 e. The lowest BCUT2D eigenvalue weighted by atomic mass is 9.90. The maximum atomic E-state index is 12.9. The van der Waals surface area contributed by atoms with Crippen molar-refractivity contribution in [3.63, 3.8) is 0 Å². The number of halogens is 1. The number of nitrogens with one attached hydrogen (secondary N) is 1. The second-order valence-corrected chi connectivity index (χ2v) is 7.61. The van der Waals surface area contributed by atoms with E-state index in [1.54, 1.807) is 17.8 Å². The number of hydrogen-bond acceptors (Lipinski definition) is 6. The van der Waals surface area contributed by atoms with Gasteiger partial charge in [-0.2, -0.15) is 4.98 Å². The van der Waals surface area contributed by atoms with Gasteiger partial charge in [-0.1, -0.05) is 24.3 Å². The van der Waals surface area contributed by atoms with Crippen molar-refractivity contribution >= 4 is 29.4 Å². The first-order chi connectivity index (χ1) is 13.3. The molecule has 0 saturated heterocycles. The van der Waals surface area contributed by atoms with Crippen LogP contribution in [0.5, 0.6) is 0 Å². The number of aliphatic hydroxyl groups is 2. The first-order valence-corrected chi connectivity index (χ1v) is 9.48. The van der Waals surface area contributed by atoms with Gasteiger partial charge in [-0.3, -0.25) is 9.36 Å². The van der Waals surface area contributed by atoms with Gasteiger partial charge >= 0.3 is 0 Å². The molecule has 0 aliphatic heterocycles. The second kappa shape index (κ2) is 8.10. The zero-order chi connectivity index (χ0) is 19.9. The lowest BCUT2D eigenvalue weighted by molar-refractivity contribution is -0.181. The molecule has 0 bridgehead atoms. The highest BCUT2D eigenvalue weighted by atomic mass is 35.5. The molecule has 8 heteroatoms. The Labute approximate surface area is 174 Å². The number of benzene rings is 1. The Morgan fingerprint density at radius 1 is 1.17 bits per heavy atom. The molecule has 7 nitrogen and oxygen atoms in total. The number of rotatable bonds is 3. The Balaban J connectivity index is 0.00000240. The SMILES string of the molecule is Cc1ccccc1-c1cc2cnc(NC3CCC(O)(O)CC3)nc2n(C)c1=O.Cl. The number of fused-ring (bicyclic) bond motifs is 1. The number of anilines is 1. The lowest BCUT2D eigenvalue weighted by Gasteiger charge is -2.32. The number of pyridine rings is 1. The molecule has 3 aromatic rings. The van der Waals surface area contributed by atoms with Crippen molar-refractivity contribution < 1.29 is 10.2 Å². The van der Waals surface area contributed by atoms with Crippen LogP contribution in [0.3, 0.4) is 0 Å². The van der Waals surface area contributed by atoms with Crippen molar-refractivity contribution in [2.45, 2.75) is 44.4 Å². The molecular formula is C21H25ClN4O3. The largest absolute Gasteiger partial charge is 0.366 e. The van der Waals surface area contributed by atoms with E-state index in [-0.39, 0.29) is 24.0 Å². The molecule has 0 atom stereocenters. The van der Waals surface area contributed by atoms with Gasteiger partial charge in [0.2, 0.25) is 5.95 Å². The monoisotopic (exact) mass is 416 g/mol.